The van der Waals surface area contributed by atoms with Crippen LogP contribution in [0.1, 0.15) is 39.7 Å². The summed E-state index contributed by atoms with van der Waals surface area (Å²) in [4.78, 5) is 31.7. The summed E-state index contributed by atoms with van der Waals surface area (Å²) in [5.74, 6) is 0. The monoisotopic (exact) mass is 460 g/mol. The lowest BCUT2D eigenvalue weighted by Crippen LogP contribution is -2.43. The van der Waals surface area contributed by atoms with Crippen LogP contribution in [0.3, 0.4) is 0 Å². The number of aryl methyl sites for hydroxylation is 1. The van der Waals surface area contributed by atoms with Gasteiger partial charge in [0.25, 0.3) is 0 Å². The van der Waals surface area contributed by atoms with Crippen LogP contribution in [0.15, 0.2) is 33.7 Å². The number of amides is 1. The number of hydrogen-bond acceptors (Lipinski definition) is 4. The van der Waals surface area contributed by atoms with Crippen LogP contribution in [-0.4, -0.2) is 43.8 Å². The highest BCUT2D eigenvalue weighted by molar-refractivity contribution is 9.10. The summed E-state index contributed by atoms with van der Waals surface area (Å²) in [5.41, 5.74) is 2.01. The van der Waals surface area contributed by atoms with Gasteiger partial charge in [-0.1, -0.05) is 15.9 Å². The molecule has 1 fully saturated rings. The third-order valence-corrected chi connectivity index (χ3v) is 5.85. The molecule has 0 spiro atoms. The summed E-state index contributed by atoms with van der Waals surface area (Å²) in [6, 6.07) is 5.93. The van der Waals surface area contributed by atoms with E-state index in [1.54, 1.807) is 22.7 Å². The molecule has 29 heavy (non-hydrogen) atoms. The molecule has 154 valence electrons. The van der Waals surface area contributed by atoms with Gasteiger partial charge in [-0.25, -0.2) is 9.59 Å². The maximum atomic E-state index is 13.1. The molecule has 0 unspecified atom stereocenters. The maximum absolute atomic E-state index is 13.1. The molecular formula is C21H25BrN4O3. The van der Waals surface area contributed by atoms with Crippen molar-refractivity contribution in [1.29, 1.82) is 0 Å². The molecule has 0 bridgehead atoms. The van der Waals surface area contributed by atoms with Gasteiger partial charge in [-0.15, -0.1) is 0 Å². The van der Waals surface area contributed by atoms with E-state index < -0.39 is 5.60 Å². The van der Waals surface area contributed by atoms with Crippen LogP contribution in [0.4, 0.5) is 4.79 Å². The van der Waals surface area contributed by atoms with Crippen molar-refractivity contribution in [2.24, 2.45) is 7.05 Å². The summed E-state index contributed by atoms with van der Waals surface area (Å²) >= 11 is 3.53. The SMILES string of the molecule is Cn1c(=O)n(C2CCN(C(=O)OC(C)(C)C)CC2)c2c3cc(Br)ccc3ncc21. The summed E-state index contributed by atoms with van der Waals surface area (Å²) in [7, 11) is 1.78. The first-order chi connectivity index (χ1) is 13.7. The molecule has 0 radical (unpaired) electrons. The zero-order valence-electron chi connectivity index (χ0n) is 17.1. The van der Waals surface area contributed by atoms with Gasteiger partial charge in [-0.3, -0.25) is 14.1 Å². The van der Waals surface area contributed by atoms with Gasteiger partial charge < -0.3 is 9.64 Å². The van der Waals surface area contributed by atoms with Gasteiger partial charge in [0.05, 0.1) is 22.7 Å². The number of carbonyl (C=O) groups is 1. The molecule has 2 aromatic heterocycles. The van der Waals surface area contributed by atoms with E-state index in [0.717, 1.165) is 26.4 Å². The number of fused-ring (bicyclic) bond motifs is 3. The van der Waals surface area contributed by atoms with Gasteiger partial charge in [0.15, 0.2) is 0 Å². The van der Waals surface area contributed by atoms with Crippen molar-refractivity contribution in [3.8, 4) is 0 Å². The van der Waals surface area contributed by atoms with E-state index in [9.17, 15) is 9.59 Å². The van der Waals surface area contributed by atoms with Crippen molar-refractivity contribution >= 4 is 44.0 Å². The zero-order valence-corrected chi connectivity index (χ0v) is 18.7. The number of piperidine rings is 1. The molecule has 4 rings (SSSR count). The molecule has 1 aliphatic heterocycles. The Balaban J connectivity index is 1.70. The lowest BCUT2D eigenvalue weighted by atomic mass is 10.0. The fraction of sp³-hybridized carbons (Fsp3) is 0.476. The first kappa shape index (κ1) is 19.9. The fourth-order valence-corrected chi connectivity index (χ4v) is 4.33. The highest BCUT2D eigenvalue weighted by Gasteiger charge is 2.30. The third-order valence-electron chi connectivity index (χ3n) is 5.36. The average molecular weight is 461 g/mol. The Morgan fingerprint density at radius 2 is 1.93 bits per heavy atom. The molecule has 1 aliphatic rings. The van der Waals surface area contributed by atoms with E-state index in [0.29, 0.717) is 25.9 Å². The molecular weight excluding hydrogens is 436 g/mol. The minimum Gasteiger partial charge on any atom is -0.444 e. The molecule has 0 aliphatic carbocycles. The summed E-state index contributed by atoms with van der Waals surface area (Å²) in [5, 5.41) is 0.948. The molecule has 3 aromatic rings. The van der Waals surface area contributed by atoms with Crippen molar-refractivity contribution in [2.45, 2.75) is 45.3 Å². The van der Waals surface area contributed by atoms with E-state index in [1.807, 2.05) is 43.5 Å². The first-order valence-electron chi connectivity index (χ1n) is 9.79. The summed E-state index contributed by atoms with van der Waals surface area (Å²) in [6.07, 6.45) is 2.88. The van der Waals surface area contributed by atoms with Crippen LogP contribution in [0.2, 0.25) is 0 Å². The predicted octanol–water partition coefficient (Wildman–Crippen LogP) is 4.22. The molecule has 1 saturated heterocycles. The minimum absolute atomic E-state index is 0.0227. The molecule has 7 nitrogen and oxygen atoms in total. The Morgan fingerprint density at radius 1 is 1.24 bits per heavy atom. The van der Waals surface area contributed by atoms with Crippen LogP contribution >= 0.6 is 15.9 Å². The normalized spacial score (nSPS) is 16.0. The van der Waals surface area contributed by atoms with Crippen molar-refractivity contribution in [3.05, 3.63) is 39.4 Å². The van der Waals surface area contributed by atoms with E-state index in [1.165, 1.54) is 0 Å². The van der Waals surface area contributed by atoms with Crippen molar-refractivity contribution < 1.29 is 9.53 Å². The third kappa shape index (κ3) is 3.66. The lowest BCUT2D eigenvalue weighted by Gasteiger charge is -2.33. The van der Waals surface area contributed by atoms with E-state index in [-0.39, 0.29) is 17.8 Å². The van der Waals surface area contributed by atoms with Gasteiger partial charge in [0.1, 0.15) is 5.60 Å². The number of carbonyl (C=O) groups excluding carboxylic acids is 1. The molecule has 1 amide bonds. The fourth-order valence-electron chi connectivity index (χ4n) is 3.97. The predicted molar refractivity (Wildman–Crippen MR) is 116 cm³/mol. The smallest absolute Gasteiger partial charge is 0.410 e. The number of nitrogens with zero attached hydrogens (tertiary/aromatic N) is 4. The number of imidazole rings is 1. The number of pyridine rings is 1. The largest absolute Gasteiger partial charge is 0.444 e. The number of benzene rings is 1. The van der Waals surface area contributed by atoms with Crippen molar-refractivity contribution in [3.63, 3.8) is 0 Å². The van der Waals surface area contributed by atoms with Crippen LogP contribution in [0.5, 0.6) is 0 Å². The number of likely N-dealkylation sites (tertiary alicyclic amines) is 1. The molecule has 0 saturated carbocycles. The zero-order chi connectivity index (χ0) is 20.9. The highest BCUT2D eigenvalue weighted by Crippen LogP contribution is 2.31. The summed E-state index contributed by atoms with van der Waals surface area (Å²) < 4.78 is 9.98. The van der Waals surface area contributed by atoms with Crippen LogP contribution in [0.25, 0.3) is 21.9 Å². The number of hydrogen-bond donors (Lipinski definition) is 0. The molecule has 3 heterocycles. The van der Waals surface area contributed by atoms with Crippen LogP contribution < -0.4 is 5.69 Å². The van der Waals surface area contributed by atoms with Crippen molar-refractivity contribution in [2.75, 3.05) is 13.1 Å². The van der Waals surface area contributed by atoms with Gasteiger partial charge in [-0.2, -0.15) is 0 Å². The van der Waals surface area contributed by atoms with E-state index in [4.69, 9.17) is 4.74 Å². The number of halogens is 1. The Morgan fingerprint density at radius 3 is 2.59 bits per heavy atom. The van der Waals surface area contributed by atoms with Crippen molar-refractivity contribution in [1.82, 2.24) is 19.0 Å². The Labute approximate surface area is 177 Å². The van der Waals surface area contributed by atoms with E-state index >= 15 is 0 Å². The molecule has 0 N–H and O–H groups in total. The van der Waals surface area contributed by atoms with Crippen LogP contribution in [-0.2, 0) is 11.8 Å². The molecule has 1 aromatic carbocycles. The van der Waals surface area contributed by atoms with Gasteiger partial charge in [-0.05, 0) is 51.8 Å². The second-order valence-corrected chi connectivity index (χ2v) is 9.48. The Hall–Kier alpha value is -2.35. The van der Waals surface area contributed by atoms with E-state index in [2.05, 4.69) is 20.9 Å². The van der Waals surface area contributed by atoms with Crippen LogP contribution in [0, 0.1) is 0 Å². The minimum atomic E-state index is -0.514. The second-order valence-electron chi connectivity index (χ2n) is 8.56. The van der Waals surface area contributed by atoms with Gasteiger partial charge in [0.2, 0.25) is 0 Å². The first-order valence-corrected chi connectivity index (χ1v) is 10.6. The maximum Gasteiger partial charge on any atom is 0.410 e. The Bertz CT molecular complexity index is 1150. The Kier molecular flexibility index (Phi) is 4.93. The highest BCUT2D eigenvalue weighted by atomic mass is 79.9. The van der Waals surface area contributed by atoms with Gasteiger partial charge >= 0.3 is 11.8 Å². The number of aromatic nitrogens is 3. The topological polar surface area (TPSA) is 69.4 Å². The number of ether oxygens (including phenoxy) is 1. The summed E-state index contributed by atoms with van der Waals surface area (Å²) in [6.45, 7) is 6.73. The van der Waals surface area contributed by atoms with Gasteiger partial charge in [0, 0.05) is 36.0 Å². The lowest BCUT2D eigenvalue weighted by molar-refractivity contribution is 0.0188. The molecule has 8 heteroatoms. The molecule has 0 atom stereocenters. The standard InChI is InChI=1S/C21H25BrN4O3/c1-21(2,3)29-20(28)25-9-7-14(8-10-25)26-18-15-11-13(22)5-6-16(15)23-12-17(18)24(4)19(26)27/h5-6,11-12,14H,7-10H2,1-4H3. The second kappa shape index (κ2) is 7.16. The number of rotatable bonds is 1. The average Bonchev–Trinajstić information content (AvgIpc) is 2.92. The quantitative estimate of drug-likeness (QED) is 0.544.